The van der Waals surface area contributed by atoms with Gasteiger partial charge in [0.15, 0.2) is 0 Å². The van der Waals surface area contributed by atoms with Gasteiger partial charge in [-0.1, -0.05) is 36.4 Å². The Balaban J connectivity index is 2.16. The van der Waals surface area contributed by atoms with Crippen molar-refractivity contribution in [3.05, 3.63) is 64.7 Å². The number of aryl methyl sites for hydroxylation is 1. The molecule has 0 saturated carbocycles. The van der Waals surface area contributed by atoms with E-state index in [9.17, 15) is 5.11 Å². The second-order valence-electron chi connectivity index (χ2n) is 4.43. The van der Waals surface area contributed by atoms with Crippen LogP contribution in [0.1, 0.15) is 28.4 Å². The van der Waals surface area contributed by atoms with Crippen molar-refractivity contribution >= 4 is 0 Å². The number of hydrogen-bond acceptors (Lipinski definition) is 2. The van der Waals surface area contributed by atoms with Crippen LogP contribution in [-0.4, -0.2) is 5.11 Å². The van der Waals surface area contributed by atoms with Crippen molar-refractivity contribution in [1.29, 1.82) is 0 Å². The maximum atomic E-state index is 10.4. The first-order valence-electron chi connectivity index (χ1n) is 5.75. The minimum atomic E-state index is -0.593. The fourth-order valence-corrected chi connectivity index (χ4v) is 2.25. The van der Waals surface area contributed by atoms with Gasteiger partial charge >= 0.3 is 0 Å². The van der Waals surface area contributed by atoms with Crippen molar-refractivity contribution in [2.45, 2.75) is 19.6 Å². The van der Waals surface area contributed by atoms with Gasteiger partial charge in [0.1, 0.15) is 18.5 Å². The lowest BCUT2D eigenvalue weighted by atomic mass is 9.97. The van der Waals surface area contributed by atoms with Crippen molar-refractivity contribution in [2.24, 2.45) is 0 Å². The molecule has 2 aromatic carbocycles. The average molecular weight is 226 g/mol. The van der Waals surface area contributed by atoms with Gasteiger partial charge < -0.3 is 9.84 Å². The van der Waals surface area contributed by atoms with E-state index in [1.54, 1.807) is 0 Å². The Morgan fingerprint density at radius 3 is 2.82 bits per heavy atom. The molecule has 1 aliphatic rings. The van der Waals surface area contributed by atoms with E-state index < -0.39 is 6.10 Å². The van der Waals surface area contributed by atoms with E-state index in [0.717, 1.165) is 28.0 Å². The van der Waals surface area contributed by atoms with Crippen molar-refractivity contribution in [3.63, 3.8) is 0 Å². The van der Waals surface area contributed by atoms with Crippen LogP contribution in [0.15, 0.2) is 42.5 Å². The van der Waals surface area contributed by atoms with Crippen molar-refractivity contribution in [2.75, 3.05) is 0 Å². The van der Waals surface area contributed by atoms with E-state index in [2.05, 4.69) is 0 Å². The lowest BCUT2D eigenvalue weighted by Gasteiger charge is -2.12. The molecule has 0 aromatic heterocycles. The minimum absolute atomic E-state index is 0.518. The fraction of sp³-hybridized carbons (Fsp3) is 0.200. The lowest BCUT2D eigenvalue weighted by Crippen LogP contribution is -2.00. The molecule has 2 heteroatoms. The molecule has 0 bridgehead atoms. The van der Waals surface area contributed by atoms with Crippen LogP contribution in [0.2, 0.25) is 0 Å². The zero-order valence-electron chi connectivity index (χ0n) is 9.68. The third-order valence-electron chi connectivity index (χ3n) is 3.20. The maximum absolute atomic E-state index is 10.4. The molecule has 1 atom stereocenters. The van der Waals surface area contributed by atoms with E-state index >= 15 is 0 Å². The van der Waals surface area contributed by atoms with Crippen LogP contribution < -0.4 is 4.74 Å². The van der Waals surface area contributed by atoms with Crippen molar-refractivity contribution in [1.82, 2.24) is 0 Å². The molecule has 1 aliphatic heterocycles. The van der Waals surface area contributed by atoms with Crippen molar-refractivity contribution in [3.8, 4) is 5.75 Å². The Labute approximate surface area is 100 Å². The summed E-state index contributed by atoms with van der Waals surface area (Å²) in [7, 11) is 0. The molecule has 0 aliphatic carbocycles. The summed E-state index contributed by atoms with van der Waals surface area (Å²) >= 11 is 0. The highest BCUT2D eigenvalue weighted by molar-refractivity contribution is 5.46. The van der Waals surface area contributed by atoms with Crippen LogP contribution in [0, 0.1) is 6.92 Å². The lowest BCUT2D eigenvalue weighted by molar-refractivity contribution is 0.218. The summed E-state index contributed by atoms with van der Waals surface area (Å²) < 4.78 is 5.77. The molecule has 0 amide bonds. The highest BCUT2D eigenvalue weighted by atomic mass is 16.5. The van der Waals surface area contributed by atoms with Crippen LogP contribution in [-0.2, 0) is 6.61 Å². The van der Waals surface area contributed by atoms with E-state index in [-0.39, 0.29) is 0 Å². The number of hydrogen-bond donors (Lipinski definition) is 1. The first-order valence-corrected chi connectivity index (χ1v) is 5.75. The Bertz CT molecular complexity index is 561. The fourth-order valence-electron chi connectivity index (χ4n) is 2.25. The third-order valence-corrected chi connectivity index (χ3v) is 3.20. The Morgan fingerprint density at radius 2 is 1.94 bits per heavy atom. The Morgan fingerprint density at radius 1 is 1.12 bits per heavy atom. The number of ether oxygens (including phenoxy) is 1. The second-order valence-corrected chi connectivity index (χ2v) is 4.43. The van der Waals surface area contributed by atoms with Gasteiger partial charge in [0.2, 0.25) is 0 Å². The van der Waals surface area contributed by atoms with Gasteiger partial charge in [0, 0.05) is 5.56 Å². The normalized spacial score (nSPS) is 17.6. The number of aliphatic hydroxyl groups is 1. The number of benzene rings is 2. The minimum Gasteiger partial charge on any atom is -0.488 e. The van der Waals surface area contributed by atoms with E-state index in [4.69, 9.17) is 4.74 Å². The quantitative estimate of drug-likeness (QED) is 0.748. The zero-order valence-corrected chi connectivity index (χ0v) is 9.68. The molecule has 17 heavy (non-hydrogen) atoms. The monoisotopic (exact) mass is 226 g/mol. The predicted molar refractivity (Wildman–Crippen MR) is 66.0 cm³/mol. The van der Waals surface area contributed by atoms with Gasteiger partial charge in [0.05, 0.1) is 0 Å². The van der Waals surface area contributed by atoms with Crippen LogP contribution in [0.5, 0.6) is 5.75 Å². The number of fused-ring (bicyclic) bond motifs is 2. The van der Waals surface area contributed by atoms with Gasteiger partial charge in [-0.05, 0) is 29.7 Å². The highest BCUT2D eigenvalue weighted by Gasteiger charge is 2.22. The van der Waals surface area contributed by atoms with E-state index in [1.807, 2.05) is 49.4 Å². The molecular formula is C15H14O2. The molecule has 2 nitrogen and oxygen atoms in total. The number of aliphatic hydroxyl groups excluding tert-OH is 1. The van der Waals surface area contributed by atoms with Crippen LogP contribution in [0.4, 0.5) is 0 Å². The number of rotatable bonds is 0. The van der Waals surface area contributed by atoms with Crippen LogP contribution in [0.25, 0.3) is 0 Å². The second kappa shape index (κ2) is 3.90. The van der Waals surface area contributed by atoms with Crippen LogP contribution >= 0.6 is 0 Å². The summed E-state index contributed by atoms with van der Waals surface area (Å²) in [6.45, 7) is 2.54. The Hall–Kier alpha value is -1.80. The SMILES string of the molecule is Cc1ccc2c(c1)OCc1ccccc1C2O. The molecule has 2 aromatic rings. The summed E-state index contributed by atoms with van der Waals surface area (Å²) in [5.74, 6) is 0.786. The van der Waals surface area contributed by atoms with Gasteiger partial charge in [-0.25, -0.2) is 0 Å². The largest absolute Gasteiger partial charge is 0.488 e. The average Bonchev–Trinajstić information content (AvgIpc) is 2.48. The molecule has 1 heterocycles. The third kappa shape index (κ3) is 1.71. The van der Waals surface area contributed by atoms with Crippen molar-refractivity contribution < 1.29 is 9.84 Å². The molecule has 0 radical (unpaired) electrons. The molecule has 86 valence electrons. The Kier molecular flexibility index (Phi) is 2.37. The molecule has 0 saturated heterocycles. The van der Waals surface area contributed by atoms with E-state index in [1.165, 1.54) is 0 Å². The van der Waals surface area contributed by atoms with Gasteiger partial charge in [-0.2, -0.15) is 0 Å². The van der Waals surface area contributed by atoms with E-state index in [0.29, 0.717) is 6.61 Å². The highest BCUT2D eigenvalue weighted by Crippen LogP contribution is 2.35. The first kappa shape index (κ1) is 10.4. The molecule has 1 unspecified atom stereocenters. The molecule has 3 rings (SSSR count). The standard InChI is InChI=1S/C15H14O2/c1-10-6-7-13-14(8-10)17-9-11-4-2-3-5-12(11)15(13)16/h2-8,15-16H,9H2,1H3. The predicted octanol–water partition coefficient (Wildman–Crippen LogP) is 2.97. The summed E-state index contributed by atoms with van der Waals surface area (Å²) in [5, 5.41) is 10.4. The summed E-state index contributed by atoms with van der Waals surface area (Å²) in [5.41, 5.74) is 3.98. The molecule has 0 spiro atoms. The first-order chi connectivity index (χ1) is 8.25. The van der Waals surface area contributed by atoms with Gasteiger partial charge in [-0.15, -0.1) is 0 Å². The van der Waals surface area contributed by atoms with Gasteiger partial charge in [-0.3, -0.25) is 0 Å². The molecular weight excluding hydrogens is 212 g/mol. The zero-order chi connectivity index (χ0) is 11.8. The summed E-state index contributed by atoms with van der Waals surface area (Å²) in [6, 6.07) is 13.8. The smallest absolute Gasteiger partial charge is 0.126 e. The topological polar surface area (TPSA) is 29.5 Å². The maximum Gasteiger partial charge on any atom is 0.126 e. The molecule has 0 fully saturated rings. The molecule has 1 N–H and O–H groups in total. The van der Waals surface area contributed by atoms with Gasteiger partial charge in [0.25, 0.3) is 0 Å². The summed E-state index contributed by atoms with van der Waals surface area (Å²) in [4.78, 5) is 0. The summed E-state index contributed by atoms with van der Waals surface area (Å²) in [6.07, 6.45) is -0.593. The van der Waals surface area contributed by atoms with Crippen LogP contribution in [0.3, 0.4) is 0 Å².